The number of nitrogens with zero attached hydrogens (tertiary/aromatic N) is 3. The minimum atomic E-state index is -0.521. The van der Waals surface area contributed by atoms with Crippen LogP contribution in [-0.2, 0) is 16.1 Å². The van der Waals surface area contributed by atoms with Crippen molar-refractivity contribution in [3.8, 4) is 0 Å². The predicted molar refractivity (Wildman–Crippen MR) is 98.3 cm³/mol. The number of rotatable bonds is 4. The number of hydrogen-bond donors (Lipinski definition) is 0. The lowest BCUT2D eigenvalue weighted by Gasteiger charge is -2.35. The number of likely N-dealkylation sites (tertiary alicyclic amines) is 1. The maximum atomic E-state index is 13.2. The van der Waals surface area contributed by atoms with Crippen LogP contribution in [0.4, 0.5) is 4.79 Å². The maximum Gasteiger partial charge on any atom is 0.410 e. The van der Waals surface area contributed by atoms with Gasteiger partial charge in [0.1, 0.15) is 5.60 Å². The third-order valence-corrected chi connectivity index (χ3v) is 4.75. The summed E-state index contributed by atoms with van der Waals surface area (Å²) in [4.78, 5) is 33.5. The van der Waals surface area contributed by atoms with E-state index in [0.717, 1.165) is 31.4 Å². The SMILES string of the molecule is CC(C)(C)OC(=O)N1CCC[C@H](C(=O)N(Cc2ccccn2)C2CC2)C1. The van der Waals surface area contributed by atoms with Crippen molar-refractivity contribution in [2.45, 2.75) is 64.6 Å². The van der Waals surface area contributed by atoms with Crippen LogP contribution in [0, 0.1) is 5.92 Å². The van der Waals surface area contributed by atoms with Gasteiger partial charge < -0.3 is 14.5 Å². The van der Waals surface area contributed by atoms with E-state index in [4.69, 9.17) is 4.74 Å². The van der Waals surface area contributed by atoms with Gasteiger partial charge in [-0.25, -0.2) is 4.79 Å². The summed E-state index contributed by atoms with van der Waals surface area (Å²) in [6.45, 7) is 7.23. The standard InChI is InChI=1S/C20H29N3O3/c1-20(2,3)26-19(25)22-12-6-7-15(13-22)18(24)23(17-9-10-17)14-16-8-4-5-11-21-16/h4-5,8,11,15,17H,6-7,9-10,12-14H2,1-3H3/t15-/m0/s1. The fourth-order valence-corrected chi connectivity index (χ4v) is 3.34. The van der Waals surface area contributed by atoms with Crippen molar-refractivity contribution in [3.05, 3.63) is 30.1 Å². The normalized spacial score (nSPS) is 20.6. The number of carbonyl (C=O) groups is 2. The molecule has 0 radical (unpaired) electrons. The van der Waals surface area contributed by atoms with Gasteiger partial charge in [-0.3, -0.25) is 9.78 Å². The van der Waals surface area contributed by atoms with Crippen molar-refractivity contribution in [2.24, 2.45) is 5.92 Å². The quantitative estimate of drug-likeness (QED) is 0.828. The van der Waals surface area contributed by atoms with Crippen molar-refractivity contribution >= 4 is 12.0 Å². The molecule has 6 nitrogen and oxygen atoms in total. The van der Waals surface area contributed by atoms with Crippen LogP contribution in [-0.4, -0.2) is 51.5 Å². The fourth-order valence-electron chi connectivity index (χ4n) is 3.34. The summed E-state index contributed by atoms with van der Waals surface area (Å²) < 4.78 is 5.47. The van der Waals surface area contributed by atoms with Gasteiger partial charge in [-0.1, -0.05) is 6.07 Å². The number of hydrogen-bond acceptors (Lipinski definition) is 4. The van der Waals surface area contributed by atoms with E-state index in [1.807, 2.05) is 43.9 Å². The largest absolute Gasteiger partial charge is 0.444 e. The highest BCUT2D eigenvalue weighted by molar-refractivity contribution is 5.80. The summed E-state index contributed by atoms with van der Waals surface area (Å²) in [5, 5.41) is 0. The first-order valence-electron chi connectivity index (χ1n) is 9.52. The number of amides is 2. The van der Waals surface area contributed by atoms with E-state index in [0.29, 0.717) is 25.7 Å². The van der Waals surface area contributed by atoms with Gasteiger partial charge in [-0.2, -0.15) is 0 Å². The molecule has 26 heavy (non-hydrogen) atoms. The van der Waals surface area contributed by atoms with Gasteiger partial charge in [0.25, 0.3) is 0 Å². The van der Waals surface area contributed by atoms with Gasteiger partial charge in [0, 0.05) is 25.3 Å². The molecule has 1 aromatic heterocycles. The molecule has 0 bridgehead atoms. The van der Waals surface area contributed by atoms with E-state index in [-0.39, 0.29) is 17.9 Å². The summed E-state index contributed by atoms with van der Waals surface area (Å²) in [5.74, 6) is -0.00741. The van der Waals surface area contributed by atoms with Gasteiger partial charge >= 0.3 is 6.09 Å². The van der Waals surface area contributed by atoms with Crippen LogP contribution in [0.2, 0.25) is 0 Å². The molecule has 0 unspecified atom stereocenters. The first-order chi connectivity index (χ1) is 12.3. The lowest BCUT2D eigenvalue weighted by atomic mass is 9.96. The predicted octanol–water partition coefficient (Wildman–Crippen LogP) is 3.22. The molecule has 1 aliphatic carbocycles. The Morgan fingerprint density at radius 1 is 1.27 bits per heavy atom. The molecular weight excluding hydrogens is 330 g/mol. The van der Waals surface area contributed by atoms with E-state index in [2.05, 4.69) is 4.98 Å². The van der Waals surface area contributed by atoms with Crippen LogP contribution in [0.5, 0.6) is 0 Å². The Bertz CT molecular complexity index is 637. The van der Waals surface area contributed by atoms with Crippen molar-refractivity contribution in [3.63, 3.8) is 0 Å². The highest BCUT2D eigenvalue weighted by atomic mass is 16.6. The Morgan fingerprint density at radius 2 is 2.04 bits per heavy atom. The van der Waals surface area contributed by atoms with Crippen molar-refractivity contribution < 1.29 is 14.3 Å². The molecule has 1 aliphatic heterocycles. The Kier molecular flexibility index (Phi) is 5.49. The average molecular weight is 359 g/mol. The summed E-state index contributed by atoms with van der Waals surface area (Å²) in [5.41, 5.74) is 0.389. The molecule has 0 aromatic carbocycles. The topological polar surface area (TPSA) is 62.7 Å². The Morgan fingerprint density at radius 3 is 2.65 bits per heavy atom. The summed E-state index contributed by atoms with van der Waals surface area (Å²) >= 11 is 0. The Labute approximate surface area is 155 Å². The molecule has 1 aromatic rings. The average Bonchev–Trinajstić information content (AvgIpc) is 3.43. The molecule has 1 atom stereocenters. The third kappa shape index (κ3) is 4.96. The van der Waals surface area contributed by atoms with E-state index >= 15 is 0 Å². The van der Waals surface area contributed by atoms with Crippen LogP contribution in [0.1, 0.15) is 52.1 Å². The number of carbonyl (C=O) groups excluding carboxylic acids is 2. The molecule has 2 heterocycles. The first-order valence-corrected chi connectivity index (χ1v) is 9.52. The molecule has 6 heteroatoms. The zero-order chi connectivity index (χ0) is 18.7. The zero-order valence-corrected chi connectivity index (χ0v) is 16.0. The minimum Gasteiger partial charge on any atom is -0.444 e. The lowest BCUT2D eigenvalue weighted by molar-refractivity contribution is -0.138. The number of aromatic nitrogens is 1. The molecular formula is C20H29N3O3. The van der Waals surface area contributed by atoms with Crippen LogP contribution in [0.15, 0.2) is 24.4 Å². The van der Waals surface area contributed by atoms with Gasteiger partial charge in [0.15, 0.2) is 0 Å². The number of ether oxygens (including phenoxy) is 1. The smallest absolute Gasteiger partial charge is 0.410 e. The molecule has 1 saturated carbocycles. The molecule has 2 aliphatic rings. The van der Waals surface area contributed by atoms with Crippen molar-refractivity contribution in [2.75, 3.05) is 13.1 Å². The lowest BCUT2D eigenvalue weighted by Crippen LogP contribution is -2.48. The van der Waals surface area contributed by atoms with E-state index < -0.39 is 5.60 Å². The Balaban J connectivity index is 1.64. The molecule has 142 valence electrons. The molecule has 1 saturated heterocycles. The Hall–Kier alpha value is -2.11. The maximum absolute atomic E-state index is 13.2. The number of piperidine rings is 1. The molecule has 3 rings (SSSR count). The van der Waals surface area contributed by atoms with Gasteiger partial charge in [0.2, 0.25) is 5.91 Å². The highest BCUT2D eigenvalue weighted by Gasteiger charge is 2.38. The van der Waals surface area contributed by atoms with Crippen molar-refractivity contribution in [1.82, 2.24) is 14.8 Å². The van der Waals surface area contributed by atoms with Crippen LogP contribution >= 0.6 is 0 Å². The van der Waals surface area contributed by atoms with E-state index in [1.54, 1.807) is 11.1 Å². The molecule has 2 fully saturated rings. The van der Waals surface area contributed by atoms with E-state index in [1.165, 1.54) is 0 Å². The second kappa shape index (κ2) is 7.64. The monoisotopic (exact) mass is 359 g/mol. The molecule has 0 N–H and O–H groups in total. The van der Waals surface area contributed by atoms with Crippen LogP contribution in [0.3, 0.4) is 0 Å². The summed E-state index contributed by atoms with van der Waals surface area (Å²) in [6.07, 6.45) is 5.21. The van der Waals surface area contributed by atoms with Crippen molar-refractivity contribution in [1.29, 1.82) is 0 Å². The number of pyridine rings is 1. The van der Waals surface area contributed by atoms with Crippen LogP contribution < -0.4 is 0 Å². The van der Waals surface area contributed by atoms with Gasteiger partial charge in [0.05, 0.1) is 18.2 Å². The van der Waals surface area contributed by atoms with Gasteiger partial charge in [-0.05, 0) is 58.6 Å². The molecule has 0 spiro atoms. The first kappa shape index (κ1) is 18.7. The zero-order valence-electron chi connectivity index (χ0n) is 16.0. The second-order valence-electron chi connectivity index (χ2n) is 8.28. The molecule has 2 amide bonds. The summed E-state index contributed by atoms with van der Waals surface area (Å²) in [7, 11) is 0. The van der Waals surface area contributed by atoms with E-state index in [9.17, 15) is 9.59 Å². The second-order valence-corrected chi connectivity index (χ2v) is 8.28. The van der Waals surface area contributed by atoms with Crippen LogP contribution in [0.25, 0.3) is 0 Å². The fraction of sp³-hybridized carbons (Fsp3) is 0.650. The highest BCUT2D eigenvalue weighted by Crippen LogP contribution is 2.31. The third-order valence-electron chi connectivity index (χ3n) is 4.75. The van der Waals surface area contributed by atoms with Gasteiger partial charge in [-0.15, -0.1) is 0 Å². The summed E-state index contributed by atoms with van der Waals surface area (Å²) in [6, 6.07) is 6.10. The minimum absolute atomic E-state index is 0.145.